The Bertz CT molecular complexity index is 1580. The van der Waals surface area contributed by atoms with Gasteiger partial charge in [-0.2, -0.15) is 5.10 Å². The van der Waals surface area contributed by atoms with Gasteiger partial charge in [-0.25, -0.2) is 9.97 Å². The lowest BCUT2D eigenvalue weighted by atomic mass is 9.98. The molecular formula is C28H31N9O. The van der Waals surface area contributed by atoms with Crippen molar-refractivity contribution >= 4 is 27.8 Å². The van der Waals surface area contributed by atoms with Crippen LogP contribution in [0.3, 0.4) is 0 Å². The van der Waals surface area contributed by atoms with E-state index in [0.29, 0.717) is 5.82 Å². The number of ether oxygens (including phenoxy) is 1. The summed E-state index contributed by atoms with van der Waals surface area (Å²) in [5, 5.41) is 8.66. The lowest BCUT2D eigenvalue weighted by molar-refractivity contribution is 0.154. The van der Waals surface area contributed by atoms with E-state index in [1.165, 1.54) is 19.3 Å². The van der Waals surface area contributed by atoms with Gasteiger partial charge in [0.2, 0.25) is 0 Å². The van der Waals surface area contributed by atoms with Crippen molar-refractivity contribution in [3.63, 3.8) is 0 Å². The molecule has 0 atom stereocenters. The Kier molecular flexibility index (Phi) is 5.88. The van der Waals surface area contributed by atoms with E-state index >= 15 is 0 Å². The average molecular weight is 510 g/mol. The largest absolute Gasteiger partial charge is 0.489 e. The molecule has 5 aromatic rings. The first-order valence-corrected chi connectivity index (χ1v) is 13.5. The van der Waals surface area contributed by atoms with Gasteiger partial charge < -0.3 is 19.5 Å². The normalized spacial score (nSPS) is 17.4. The van der Waals surface area contributed by atoms with Crippen molar-refractivity contribution in [1.82, 2.24) is 40.0 Å². The summed E-state index contributed by atoms with van der Waals surface area (Å²) >= 11 is 0. The van der Waals surface area contributed by atoms with E-state index in [0.717, 1.165) is 89.5 Å². The Morgan fingerprint density at radius 3 is 2.68 bits per heavy atom. The number of likely N-dealkylation sites (N-methyl/N-ethyl adjacent to an activating group) is 1. The fourth-order valence-electron chi connectivity index (χ4n) is 5.54. The smallest absolute Gasteiger partial charge is 0.159 e. The quantitative estimate of drug-likeness (QED) is 0.358. The molecule has 0 spiro atoms. The zero-order chi connectivity index (χ0) is 25.5. The molecule has 10 nitrogen and oxygen atoms in total. The number of pyridine rings is 3. The van der Waals surface area contributed by atoms with Crippen molar-refractivity contribution in [3.05, 3.63) is 43.0 Å². The number of aromatic nitrogens is 7. The number of nitrogens with zero attached hydrogens (tertiary/aromatic N) is 7. The number of fused-ring (bicyclic) bond motifs is 2. The number of nitrogens with one attached hydrogen (secondary N) is 2. The number of rotatable bonds is 5. The Labute approximate surface area is 220 Å². The Hall–Kier alpha value is -4.05. The second-order valence-electron chi connectivity index (χ2n) is 10.4. The minimum atomic E-state index is 0.273. The molecule has 2 aliphatic rings. The van der Waals surface area contributed by atoms with E-state index in [4.69, 9.17) is 9.72 Å². The summed E-state index contributed by atoms with van der Waals surface area (Å²) in [4.78, 5) is 26.9. The molecule has 194 valence electrons. The number of aromatic amines is 2. The molecule has 2 N–H and O–H groups in total. The highest BCUT2D eigenvalue weighted by Crippen LogP contribution is 2.32. The second-order valence-corrected chi connectivity index (χ2v) is 10.4. The molecule has 38 heavy (non-hydrogen) atoms. The van der Waals surface area contributed by atoms with E-state index in [-0.39, 0.29) is 6.10 Å². The third-order valence-corrected chi connectivity index (χ3v) is 7.72. The molecule has 6 heterocycles. The highest BCUT2D eigenvalue weighted by atomic mass is 16.5. The maximum Gasteiger partial charge on any atom is 0.159 e. The minimum Gasteiger partial charge on any atom is -0.489 e. The molecular weight excluding hydrogens is 478 g/mol. The van der Waals surface area contributed by atoms with Crippen LogP contribution in [-0.4, -0.2) is 79.3 Å². The fraction of sp³-hybridized carbons (Fsp3) is 0.393. The Balaban J connectivity index is 1.22. The third-order valence-electron chi connectivity index (χ3n) is 7.72. The first-order valence-electron chi connectivity index (χ1n) is 13.5. The van der Waals surface area contributed by atoms with Crippen molar-refractivity contribution in [1.29, 1.82) is 0 Å². The zero-order valence-corrected chi connectivity index (χ0v) is 21.5. The summed E-state index contributed by atoms with van der Waals surface area (Å²) in [5.41, 5.74) is 5.16. The van der Waals surface area contributed by atoms with Crippen LogP contribution in [0.4, 0.5) is 5.82 Å². The van der Waals surface area contributed by atoms with Crippen LogP contribution in [0.5, 0.6) is 5.75 Å². The first-order chi connectivity index (χ1) is 18.7. The molecule has 7 rings (SSSR count). The average Bonchev–Trinajstić information content (AvgIpc) is 3.58. The number of anilines is 1. The molecule has 0 radical (unpaired) electrons. The number of hydrogen-bond donors (Lipinski definition) is 2. The fourth-order valence-corrected chi connectivity index (χ4v) is 5.54. The van der Waals surface area contributed by atoms with Crippen LogP contribution in [0.25, 0.3) is 44.7 Å². The summed E-state index contributed by atoms with van der Waals surface area (Å²) < 4.78 is 6.25. The Morgan fingerprint density at radius 2 is 1.82 bits per heavy atom. The molecule has 10 heteroatoms. The van der Waals surface area contributed by atoms with Crippen molar-refractivity contribution < 1.29 is 4.74 Å². The van der Waals surface area contributed by atoms with Gasteiger partial charge in [0.15, 0.2) is 11.6 Å². The molecule has 5 aromatic heterocycles. The van der Waals surface area contributed by atoms with Gasteiger partial charge in [-0.15, -0.1) is 0 Å². The molecule has 0 aromatic carbocycles. The number of hydrogen-bond acceptors (Lipinski definition) is 8. The number of piperazine rings is 1. The van der Waals surface area contributed by atoms with Gasteiger partial charge in [-0.05, 0) is 50.9 Å². The Morgan fingerprint density at radius 1 is 0.947 bits per heavy atom. The van der Waals surface area contributed by atoms with Crippen LogP contribution < -0.4 is 9.64 Å². The topological polar surface area (TPSA) is 112 Å². The van der Waals surface area contributed by atoms with Gasteiger partial charge in [-0.3, -0.25) is 15.1 Å². The molecule has 0 bridgehead atoms. The number of H-pyrrole nitrogens is 2. The van der Waals surface area contributed by atoms with Gasteiger partial charge in [-0.1, -0.05) is 6.42 Å². The maximum absolute atomic E-state index is 6.25. The van der Waals surface area contributed by atoms with Gasteiger partial charge in [0.25, 0.3) is 0 Å². The molecule has 1 aliphatic heterocycles. The van der Waals surface area contributed by atoms with E-state index in [9.17, 15) is 0 Å². The van der Waals surface area contributed by atoms with Gasteiger partial charge in [0.1, 0.15) is 17.0 Å². The summed E-state index contributed by atoms with van der Waals surface area (Å²) in [7, 11) is 2.15. The van der Waals surface area contributed by atoms with Crippen LogP contribution in [-0.2, 0) is 0 Å². The van der Waals surface area contributed by atoms with Crippen molar-refractivity contribution in [2.45, 2.75) is 38.2 Å². The van der Waals surface area contributed by atoms with Gasteiger partial charge >= 0.3 is 0 Å². The summed E-state index contributed by atoms with van der Waals surface area (Å²) in [5.74, 6) is 2.42. The van der Waals surface area contributed by atoms with Crippen LogP contribution in [0, 0.1) is 0 Å². The van der Waals surface area contributed by atoms with Crippen molar-refractivity contribution in [2.75, 3.05) is 38.1 Å². The highest BCUT2D eigenvalue weighted by molar-refractivity contribution is 5.96. The highest BCUT2D eigenvalue weighted by Gasteiger charge is 2.21. The van der Waals surface area contributed by atoms with E-state index < -0.39 is 0 Å². The van der Waals surface area contributed by atoms with Crippen LogP contribution in [0.2, 0.25) is 0 Å². The van der Waals surface area contributed by atoms with Crippen LogP contribution in [0.15, 0.2) is 43.0 Å². The van der Waals surface area contributed by atoms with Gasteiger partial charge in [0, 0.05) is 49.5 Å². The third kappa shape index (κ3) is 4.34. The van der Waals surface area contributed by atoms with Crippen molar-refractivity contribution in [2.24, 2.45) is 0 Å². The van der Waals surface area contributed by atoms with Crippen LogP contribution >= 0.6 is 0 Å². The summed E-state index contributed by atoms with van der Waals surface area (Å²) in [6.07, 6.45) is 13.5. The van der Waals surface area contributed by atoms with Crippen molar-refractivity contribution in [3.8, 4) is 28.5 Å². The zero-order valence-electron chi connectivity index (χ0n) is 21.5. The minimum absolute atomic E-state index is 0.273. The molecule has 0 amide bonds. The lowest BCUT2D eigenvalue weighted by Gasteiger charge is -2.33. The summed E-state index contributed by atoms with van der Waals surface area (Å²) in [6, 6.07) is 6.05. The van der Waals surface area contributed by atoms with E-state index in [1.807, 2.05) is 36.8 Å². The van der Waals surface area contributed by atoms with Gasteiger partial charge in [0.05, 0.1) is 35.2 Å². The SMILES string of the molecule is CN1CCN(c2nccc3[nH]c(-c4n[nH]c5cnc(-c6cncc(OC7CCCCC7)c6)cc45)nc23)CC1. The van der Waals surface area contributed by atoms with Crippen LogP contribution in [0.1, 0.15) is 32.1 Å². The molecule has 2 fully saturated rings. The monoisotopic (exact) mass is 509 g/mol. The predicted molar refractivity (Wildman–Crippen MR) is 147 cm³/mol. The summed E-state index contributed by atoms with van der Waals surface area (Å²) in [6.45, 7) is 3.89. The predicted octanol–water partition coefficient (Wildman–Crippen LogP) is 4.42. The molecule has 0 unspecified atom stereocenters. The number of imidazole rings is 1. The van der Waals surface area contributed by atoms with E-state index in [1.54, 1.807) is 6.20 Å². The molecule has 1 saturated heterocycles. The first kappa shape index (κ1) is 23.1. The molecule has 1 aliphatic carbocycles. The lowest BCUT2D eigenvalue weighted by Crippen LogP contribution is -2.44. The molecule has 1 saturated carbocycles. The maximum atomic E-state index is 6.25. The van der Waals surface area contributed by atoms with E-state index in [2.05, 4.69) is 47.0 Å². The standard InChI is InChI=1S/C28H31N9O/c1-36-9-11-37(12-10-36)28-26-22(7-8-30-28)32-27(33-26)25-21-14-23(31-17-24(21)34-35-25)18-13-20(16-29-15-18)38-19-5-3-2-4-6-19/h7-8,13-17,19H,2-6,9-12H2,1H3,(H,32,33)(H,34,35). The second kappa shape index (κ2) is 9.68.